The molecule has 0 spiro atoms. The highest BCUT2D eigenvalue weighted by Gasteiger charge is 2.12. The minimum Gasteiger partial charge on any atom is -0.494 e. The number of carbonyl (C=O) groups is 2. The maximum Gasteiger partial charge on any atom is 0.313 e. The summed E-state index contributed by atoms with van der Waals surface area (Å²) in [5.41, 5.74) is 0.539. The first kappa shape index (κ1) is 13.8. The third-order valence-corrected chi connectivity index (χ3v) is 2.04. The predicted octanol–water partition coefficient (Wildman–Crippen LogP) is 1.33. The molecule has 0 bridgehead atoms. The fraction of sp³-hybridized carbons (Fsp3) is 0.231. The number of rotatable bonds is 5. The number of benzene rings is 1. The van der Waals surface area contributed by atoms with Crippen molar-refractivity contribution in [2.75, 3.05) is 18.5 Å². The molecule has 5 heteroatoms. The third kappa shape index (κ3) is 4.29. The van der Waals surface area contributed by atoms with Crippen LogP contribution in [0.25, 0.3) is 0 Å². The molecule has 1 aromatic carbocycles. The fourth-order valence-electron chi connectivity index (χ4n) is 1.23. The maximum atomic E-state index is 11.4. The topological polar surface area (TPSA) is 67.4 Å². The summed E-state index contributed by atoms with van der Waals surface area (Å²) in [6.07, 6.45) is 1.50. The average molecular weight is 248 g/mol. The zero-order valence-electron chi connectivity index (χ0n) is 10.2. The van der Waals surface area contributed by atoms with E-state index in [0.717, 1.165) is 0 Å². The quantitative estimate of drug-likeness (QED) is 0.610. The van der Waals surface area contributed by atoms with E-state index >= 15 is 0 Å². The molecule has 18 heavy (non-hydrogen) atoms. The van der Waals surface area contributed by atoms with Crippen LogP contribution < -0.4 is 15.4 Å². The van der Waals surface area contributed by atoms with E-state index in [1.807, 2.05) is 6.92 Å². The van der Waals surface area contributed by atoms with Gasteiger partial charge in [0.1, 0.15) is 5.75 Å². The first-order valence-corrected chi connectivity index (χ1v) is 5.60. The van der Waals surface area contributed by atoms with Gasteiger partial charge >= 0.3 is 11.8 Å². The molecule has 0 aromatic heterocycles. The Morgan fingerprint density at radius 1 is 1.28 bits per heavy atom. The first-order valence-electron chi connectivity index (χ1n) is 5.60. The number of hydrogen-bond donors (Lipinski definition) is 2. The molecular weight excluding hydrogens is 232 g/mol. The summed E-state index contributed by atoms with van der Waals surface area (Å²) in [5.74, 6) is -0.684. The van der Waals surface area contributed by atoms with Gasteiger partial charge in [0.05, 0.1) is 6.61 Å². The molecule has 0 unspecified atom stereocenters. The lowest BCUT2D eigenvalue weighted by atomic mass is 10.3. The Morgan fingerprint density at radius 2 is 1.94 bits per heavy atom. The van der Waals surface area contributed by atoms with E-state index in [1.54, 1.807) is 24.3 Å². The van der Waals surface area contributed by atoms with Crippen LogP contribution in [0.4, 0.5) is 5.69 Å². The van der Waals surface area contributed by atoms with E-state index in [0.29, 0.717) is 18.0 Å². The number of hydrogen-bond acceptors (Lipinski definition) is 3. The molecule has 0 radical (unpaired) electrons. The summed E-state index contributed by atoms with van der Waals surface area (Å²) < 4.78 is 5.26. The molecule has 0 atom stereocenters. The minimum atomic E-state index is -0.707. The van der Waals surface area contributed by atoms with Crippen molar-refractivity contribution < 1.29 is 14.3 Å². The lowest BCUT2D eigenvalue weighted by molar-refractivity contribution is -0.136. The molecule has 2 N–H and O–H groups in total. The molecule has 0 saturated carbocycles. The second-order valence-corrected chi connectivity index (χ2v) is 3.41. The van der Waals surface area contributed by atoms with E-state index in [2.05, 4.69) is 17.2 Å². The molecule has 96 valence electrons. The van der Waals surface area contributed by atoms with Gasteiger partial charge in [0.2, 0.25) is 0 Å². The largest absolute Gasteiger partial charge is 0.494 e. The van der Waals surface area contributed by atoms with Gasteiger partial charge in [-0.25, -0.2) is 0 Å². The fourth-order valence-corrected chi connectivity index (χ4v) is 1.23. The maximum absolute atomic E-state index is 11.4. The van der Waals surface area contributed by atoms with Crippen molar-refractivity contribution in [1.82, 2.24) is 5.32 Å². The molecule has 1 rings (SSSR count). The Kier molecular flexibility index (Phi) is 5.44. The average Bonchev–Trinajstić information content (AvgIpc) is 2.38. The van der Waals surface area contributed by atoms with Gasteiger partial charge in [-0.15, -0.1) is 6.58 Å². The molecular formula is C13H16N2O3. The van der Waals surface area contributed by atoms with Gasteiger partial charge in [0, 0.05) is 12.2 Å². The smallest absolute Gasteiger partial charge is 0.313 e. The standard InChI is InChI=1S/C13H16N2O3/c1-3-9-14-12(16)13(17)15-10-5-7-11(8-6-10)18-4-2/h3,5-8H,1,4,9H2,2H3,(H,14,16)(H,15,17). The lowest BCUT2D eigenvalue weighted by Gasteiger charge is -2.06. The van der Waals surface area contributed by atoms with Crippen LogP contribution in [0, 0.1) is 0 Å². The zero-order chi connectivity index (χ0) is 13.4. The Balaban J connectivity index is 2.53. The Hall–Kier alpha value is -2.30. The number of anilines is 1. The molecule has 0 fully saturated rings. The Bertz CT molecular complexity index is 426. The van der Waals surface area contributed by atoms with Crippen molar-refractivity contribution in [2.45, 2.75) is 6.92 Å². The van der Waals surface area contributed by atoms with Crippen molar-refractivity contribution in [3.05, 3.63) is 36.9 Å². The highest BCUT2D eigenvalue weighted by molar-refractivity contribution is 6.39. The SMILES string of the molecule is C=CCNC(=O)C(=O)Nc1ccc(OCC)cc1. The van der Waals surface area contributed by atoms with Crippen molar-refractivity contribution in [3.63, 3.8) is 0 Å². The summed E-state index contributed by atoms with van der Waals surface area (Å²) in [6.45, 7) is 6.17. The molecule has 0 heterocycles. The monoisotopic (exact) mass is 248 g/mol. The number of carbonyl (C=O) groups excluding carboxylic acids is 2. The minimum absolute atomic E-state index is 0.259. The van der Waals surface area contributed by atoms with Gasteiger partial charge in [0.15, 0.2) is 0 Å². The van der Waals surface area contributed by atoms with E-state index < -0.39 is 11.8 Å². The van der Waals surface area contributed by atoms with Crippen LogP contribution >= 0.6 is 0 Å². The summed E-state index contributed by atoms with van der Waals surface area (Å²) in [6, 6.07) is 6.79. The number of nitrogens with one attached hydrogen (secondary N) is 2. The van der Waals surface area contributed by atoms with Crippen molar-refractivity contribution >= 4 is 17.5 Å². The molecule has 0 aliphatic rings. The Morgan fingerprint density at radius 3 is 2.50 bits per heavy atom. The van der Waals surface area contributed by atoms with Crippen molar-refractivity contribution in [1.29, 1.82) is 0 Å². The molecule has 5 nitrogen and oxygen atoms in total. The molecule has 0 aliphatic carbocycles. The van der Waals surface area contributed by atoms with Gasteiger partial charge in [-0.2, -0.15) is 0 Å². The first-order chi connectivity index (χ1) is 8.67. The highest BCUT2D eigenvalue weighted by Crippen LogP contribution is 2.15. The van der Waals surface area contributed by atoms with E-state index in [-0.39, 0.29) is 6.54 Å². The van der Waals surface area contributed by atoms with E-state index in [9.17, 15) is 9.59 Å². The summed E-state index contributed by atoms with van der Waals surface area (Å²) in [5, 5.41) is 4.87. The molecule has 2 amide bonds. The van der Waals surface area contributed by atoms with E-state index in [1.165, 1.54) is 6.08 Å². The second kappa shape index (κ2) is 7.11. The van der Waals surface area contributed by atoms with Gasteiger partial charge in [-0.05, 0) is 31.2 Å². The van der Waals surface area contributed by atoms with Crippen LogP contribution in [0.2, 0.25) is 0 Å². The highest BCUT2D eigenvalue weighted by atomic mass is 16.5. The van der Waals surface area contributed by atoms with Gasteiger partial charge in [-0.3, -0.25) is 9.59 Å². The Labute approximate surface area is 106 Å². The van der Waals surface area contributed by atoms with Crippen LogP contribution in [0.3, 0.4) is 0 Å². The van der Waals surface area contributed by atoms with Crippen LogP contribution in [0.5, 0.6) is 5.75 Å². The zero-order valence-corrected chi connectivity index (χ0v) is 10.2. The third-order valence-electron chi connectivity index (χ3n) is 2.04. The van der Waals surface area contributed by atoms with Crippen LogP contribution in [-0.2, 0) is 9.59 Å². The summed E-state index contributed by atoms with van der Waals surface area (Å²) >= 11 is 0. The lowest BCUT2D eigenvalue weighted by Crippen LogP contribution is -2.35. The number of ether oxygens (including phenoxy) is 1. The summed E-state index contributed by atoms with van der Waals surface area (Å²) in [7, 11) is 0. The summed E-state index contributed by atoms with van der Waals surface area (Å²) in [4.78, 5) is 22.7. The van der Waals surface area contributed by atoms with Crippen molar-refractivity contribution in [3.8, 4) is 5.75 Å². The molecule has 1 aromatic rings. The molecule has 0 aliphatic heterocycles. The predicted molar refractivity (Wildman–Crippen MR) is 69.4 cm³/mol. The number of amides is 2. The normalized spacial score (nSPS) is 9.39. The van der Waals surface area contributed by atoms with Crippen LogP contribution in [-0.4, -0.2) is 25.0 Å². The van der Waals surface area contributed by atoms with Gasteiger partial charge < -0.3 is 15.4 Å². The van der Waals surface area contributed by atoms with Crippen LogP contribution in [0.1, 0.15) is 6.92 Å². The van der Waals surface area contributed by atoms with Gasteiger partial charge in [-0.1, -0.05) is 6.08 Å². The van der Waals surface area contributed by atoms with Crippen molar-refractivity contribution in [2.24, 2.45) is 0 Å². The van der Waals surface area contributed by atoms with Gasteiger partial charge in [0.25, 0.3) is 0 Å². The second-order valence-electron chi connectivity index (χ2n) is 3.41. The molecule has 0 saturated heterocycles. The van der Waals surface area contributed by atoms with E-state index in [4.69, 9.17) is 4.74 Å². The van der Waals surface area contributed by atoms with Crippen LogP contribution in [0.15, 0.2) is 36.9 Å².